The lowest BCUT2D eigenvalue weighted by Crippen LogP contribution is -2.44. The molecular weight excluding hydrogens is 302 g/mol. The van der Waals surface area contributed by atoms with Crippen molar-refractivity contribution >= 4 is 17.6 Å². The van der Waals surface area contributed by atoms with Crippen molar-refractivity contribution in [3.8, 4) is 0 Å². The molecule has 22 heavy (non-hydrogen) atoms. The molecule has 1 aliphatic rings. The third-order valence-corrected chi connectivity index (χ3v) is 4.10. The zero-order chi connectivity index (χ0) is 15.4. The Balaban J connectivity index is 1.63. The van der Waals surface area contributed by atoms with Gasteiger partial charge in [-0.2, -0.15) is 5.10 Å². The molecule has 0 bridgehead atoms. The maximum absolute atomic E-state index is 12.5. The summed E-state index contributed by atoms with van der Waals surface area (Å²) >= 11 is 5.81. The second kappa shape index (κ2) is 6.79. The number of urea groups is 1. The van der Waals surface area contributed by atoms with Gasteiger partial charge in [-0.05, 0) is 31.4 Å². The van der Waals surface area contributed by atoms with Crippen molar-refractivity contribution in [3.05, 3.63) is 47.0 Å². The summed E-state index contributed by atoms with van der Waals surface area (Å²) in [5, 5.41) is 10.3. The highest BCUT2D eigenvalue weighted by Gasteiger charge is 2.28. The number of amides is 2. The summed E-state index contributed by atoms with van der Waals surface area (Å²) in [7, 11) is 0. The van der Waals surface area contributed by atoms with Crippen LogP contribution in [0.5, 0.6) is 0 Å². The van der Waals surface area contributed by atoms with Gasteiger partial charge in [-0.15, -0.1) is 0 Å². The predicted molar refractivity (Wildman–Crippen MR) is 83.4 cm³/mol. The zero-order valence-corrected chi connectivity index (χ0v) is 12.9. The molecule has 0 unspecified atom stereocenters. The fourth-order valence-corrected chi connectivity index (χ4v) is 2.85. The van der Waals surface area contributed by atoms with E-state index >= 15 is 0 Å². The van der Waals surface area contributed by atoms with Crippen LogP contribution >= 0.6 is 11.6 Å². The first-order chi connectivity index (χ1) is 10.7. The summed E-state index contributed by atoms with van der Waals surface area (Å²) in [6, 6.07) is 3.60. The minimum Gasteiger partial charge on any atom is -0.332 e. The van der Waals surface area contributed by atoms with E-state index in [2.05, 4.69) is 20.5 Å². The molecule has 1 aliphatic heterocycles. The van der Waals surface area contributed by atoms with Gasteiger partial charge in [0.25, 0.3) is 0 Å². The van der Waals surface area contributed by atoms with Crippen molar-refractivity contribution in [2.75, 3.05) is 6.54 Å². The van der Waals surface area contributed by atoms with E-state index in [4.69, 9.17) is 11.6 Å². The average Bonchev–Trinajstić information content (AvgIpc) is 3.08. The molecule has 0 aromatic carbocycles. The fourth-order valence-electron chi connectivity index (χ4n) is 2.74. The second-order valence-electron chi connectivity index (χ2n) is 5.36. The highest BCUT2D eigenvalue weighted by molar-refractivity contribution is 6.30. The number of nitrogens with one attached hydrogen (secondary N) is 2. The first-order valence-corrected chi connectivity index (χ1v) is 7.75. The van der Waals surface area contributed by atoms with Gasteiger partial charge in [-0.3, -0.25) is 10.1 Å². The maximum atomic E-state index is 12.5. The van der Waals surface area contributed by atoms with E-state index in [0.29, 0.717) is 11.6 Å². The molecule has 0 radical (unpaired) electrons. The summed E-state index contributed by atoms with van der Waals surface area (Å²) in [5.74, 6) is 0. The Morgan fingerprint density at radius 3 is 3.05 bits per heavy atom. The van der Waals surface area contributed by atoms with Crippen LogP contribution in [0.4, 0.5) is 4.79 Å². The lowest BCUT2D eigenvalue weighted by Gasteiger charge is -2.35. The number of nitrogens with zero attached hydrogens (tertiary/aromatic N) is 3. The van der Waals surface area contributed by atoms with Gasteiger partial charge in [-0.25, -0.2) is 4.79 Å². The van der Waals surface area contributed by atoms with Gasteiger partial charge in [0.05, 0.1) is 29.5 Å². The molecule has 7 heteroatoms. The lowest BCUT2D eigenvalue weighted by atomic mass is 9.98. The molecule has 2 N–H and O–H groups in total. The van der Waals surface area contributed by atoms with Gasteiger partial charge in [0.1, 0.15) is 0 Å². The smallest absolute Gasteiger partial charge is 0.318 e. The Morgan fingerprint density at radius 1 is 1.41 bits per heavy atom. The molecule has 3 rings (SSSR count). The van der Waals surface area contributed by atoms with Crippen LogP contribution in [0, 0.1) is 0 Å². The molecule has 6 nitrogen and oxygen atoms in total. The Labute approximate surface area is 133 Å². The van der Waals surface area contributed by atoms with Gasteiger partial charge in [0.15, 0.2) is 0 Å². The van der Waals surface area contributed by atoms with Crippen molar-refractivity contribution in [3.63, 3.8) is 0 Å². The summed E-state index contributed by atoms with van der Waals surface area (Å²) in [6.45, 7) is 1.15. The molecule has 2 amide bonds. The molecule has 2 aromatic rings. The lowest BCUT2D eigenvalue weighted by molar-refractivity contribution is 0.151. The van der Waals surface area contributed by atoms with Crippen LogP contribution in [0.3, 0.4) is 0 Å². The Hall–Kier alpha value is -2.08. The number of halogens is 1. The maximum Gasteiger partial charge on any atom is 0.318 e. The molecule has 0 aliphatic carbocycles. The van der Waals surface area contributed by atoms with Gasteiger partial charge >= 0.3 is 6.03 Å². The largest absolute Gasteiger partial charge is 0.332 e. The number of carbonyl (C=O) groups excluding carboxylic acids is 1. The minimum absolute atomic E-state index is 0.0670. The van der Waals surface area contributed by atoms with E-state index in [-0.39, 0.29) is 12.1 Å². The monoisotopic (exact) mass is 319 g/mol. The van der Waals surface area contributed by atoms with E-state index in [0.717, 1.165) is 37.1 Å². The number of hydrogen-bond donors (Lipinski definition) is 2. The SMILES string of the molecule is O=C(NCc1ccc(Cl)cn1)N1CCCC[C@H]1c1cn[nH]c1. The molecule has 1 fully saturated rings. The van der Waals surface area contributed by atoms with Crippen molar-refractivity contribution in [2.45, 2.75) is 31.8 Å². The van der Waals surface area contributed by atoms with Crippen molar-refractivity contribution in [2.24, 2.45) is 0 Å². The van der Waals surface area contributed by atoms with E-state index in [1.165, 1.54) is 0 Å². The topological polar surface area (TPSA) is 73.9 Å². The van der Waals surface area contributed by atoms with Crippen LogP contribution < -0.4 is 5.32 Å². The quantitative estimate of drug-likeness (QED) is 0.913. The number of pyridine rings is 1. The van der Waals surface area contributed by atoms with E-state index in [1.54, 1.807) is 18.5 Å². The van der Waals surface area contributed by atoms with Crippen molar-refractivity contribution in [1.29, 1.82) is 0 Å². The van der Waals surface area contributed by atoms with E-state index < -0.39 is 0 Å². The average molecular weight is 320 g/mol. The first-order valence-electron chi connectivity index (χ1n) is 7.37. The first kappa shape index (κ1) is 14.8. The molecule has 1 saturated heterocycles. The number of rotatable bonds is 3. The van der Waals surface area contributed by atoms with Crippen molar-refractivity contribution in [1.82, 2.24) is 25.4 Å². The third-order valence-electron chi connectivity index (χ3n) is 3.88. The van der Waals surface area contributed by atoms with Gasteiger partial charge in [0, 0.05) is 24.5 Å². The highest BCUT2D eigenvalue weighted by Crippen LogP contribution is 2.30. The number of hydrogen-bond acceptors (Lipinski definition) is 3. The summed E-state index contributed by atoms with van der Waals surface area (Å²) in [5.41, 5.74) is 1.84. The number of piperidine rings is 1. The Bertz CT molecular complexity index is 613. The minimum atomic E-state index is -0.0670. The van der Waals surface area contributed by atoms with Gasteiger partial charge in [0.2, 0.25) is 0 Å². The second-order valence-corrected chi connectivity index (χ2v) is 5.80. The standard InChI is InChI=1S/C15H18ClN5O/c16-12-4-5-13(17-9-12)10-18-15(22)21-6-2-1-3-14(21)11-7-19-20-8-11/h4-5,7-9,14H,1-3,6,10H2,(H,18,22)(H,19,20)/t14-/m0/s1. The summed E-state index contributed by atoms with van der Waals surface area (Å²) < 4.78 is 0. The number of aromatic amines is 1. The van der Waals surface area contributed by atoms with Gasteiger partial charge < -0.3 is 10.2 Å². The number of H-pyrrole nitrogens is 1. The van der Waals surface area contributed by atoms with E-state index in [1.807, 2.05) is 17.2 Å². The normalized spacial score (nSPS) is 18.2. The molecule has 116 valence electrons. The third kappa shape index (κ3) is 3.39. The Morgan fingerprint density at radius 2 is 2.32 bits per heavy atom. The van der Waals surface area contributed by atoms with Crippen molar-refractivity contribution < 1.29 is 4.79 Å². The van der Waals surface area contributed by atoms with Crippen LogP contribution in [0.1, 0.15) is 36.6 Å². The molecule has 2 aromatic heterocycles. The molecule has 1 atom stereocenters. The van der Waals surface area contributed by atoms with E-state index in [9.17, 15) is 4.79 Å². The number of aromatic nitrogens is 3. The van der Waals surface area contributed by atoms with Crippen LogP contribution in [0.15, 0.2) is 30.7 Å². The Kier molecular flexibility index (Phi) is 4.58. The molecule has 0 spiro atoms. The van der Waals surface area contributed by atoms with Crippen LogP contribution in [-0.2, 0) is 6.54 Å². The van der Waals surface area contributed by atoms with Crippen LogP contribution in [0.2, 0.25) is 5.02 Å². The van der Waals surface area contributed by atoms with Gasteiger partial charge in [-0.1, -0.05) is 11.6 Å². The molecular formula is C15H18ClN5O. The molecule has 3 heterocycles. The highest BCUT2D eigenvalue weighted by atomic mass is 35.5. The summed E-state index contributed by atoms with van der Waals surface area (Å²) in [6.07, 6.45) is 8.34. The summed E-state index contributed by atoms with van der Waals surface area (Å²) in [4.78, 5) is 18.5. The van der Waals surface area contributed by atoms with Crippen LogP contribution in [0.25, 0.3) is 0 Å². The predicted octanol–water partition coefficient (Wildman–Crippen LogP) is 2.89. The zero-order valence-electron chi connectivity index (χ0n) is 12.1. The molecule has 0 saturated carbocycles. The van der Waals surface area contributed by atoms with Crippen LogP contribution in [-0.4, -0.2) is 32.7 Å². The number of likely N-dealkylation sites (tertiary alicyclic amines) is 1. The number of carbonyl (C=O) groups is 1. The fraction of sp³-hybridized carbons (Fsp3) is 0.400.